The van der Waals surface area contributed by atoms with E-state index < -0.39 is 11.9 Å². The van der Waals surface area contributed by atoms with E-state index in [1.807, 2.05) is 0 Å². The molecule has 6 heteroatoms. The van der Waals surface area contributed by atoms with Gasteiger partial charge in [-0.2, -0.15) is 0 Å². The molecule has 0 aromatic heterocycles. The highest BCUT2D eigenvalue weighted by Crippen LogP contribution is 2.30. The fraction of sp³-hybridized carbons (Fsp3) is 1.00. The van der Waals surface area contributed by atoms with Crippen molar-refractivity contribution in [3.63, 3.8) is 0 Å². The summed E-state index contributed by atoms with van der Waals surface area (Å²) in [7, 11) is 0. The molecule has 0 radical (unpaired) electrons. The second kappa shape index (κ2) is 26.7. The summed E-state index contributed by atoms with van der Waals surface area (Å²) in [5.74, 6) is -1.84. The van der Waals surface area contributed by atoms with E-state index in [0.717, 1.165) is 25.7 Å². The third kappa shape index (κ3) is 26.4. The number of rotatable bonds is 32. The summed E-state index contributed by atoms with van der Waals surface area (Å²) >= 11 is 0. The quantitative estimate of drug-likeness (QED) is 0.0536. The van der Waals surface area contributed by atoms with Crippen molar-refractivity contribution in [3.8, 4) is 0 Å². The Morgan fingerprint density at radius 3 is 0.511 bits per heavy atom. The Balaban J connectivity index is 3.88. The predicted molar refractivity (Wildman–Crippen MR) is 191 cm³/mol. The van der Waals surface area contributed by atoms with Crippen LogP contribution in [0, 0.1) is 0 Å². The van der Waals surface area contributed by atoms with Crippen LogP contribution in [0.3, 0.4) is 0 Å². The van der Waals surface area contributed by atoms with Crippen LogP contribution in [0.1, 0.15) is 205 Å². The molecular formula is C39H80O6. The van der Waals surface area contributed by atoms with Crippen molar-refractivity contribution < 1.29 is 28.4 Å². The molecular weight excluding hydrogens is 564 g/mol. The van der Waals surface area contributed by atoms with Gasteiger partial charge in [-0.15, -0.1) is 0 Å². The van der Waals surface area contributed by atoms with Gasteiger partial charge in [-0.25, -0.2) is 0 Å². The second-order valence-electron chi connectivity index (χ2n) is 14.9. The van der Waals surface area contributed by atoms with Crippen LogP contribution in [0.2, 0.25) is 0 Å². The van der Waals surface area contributed by atoms with Crippen LogP contribution in [-0.4, -0.2) is 48.6 Å². The van der Waals surface area contributed by atoms with Gasteiger partial charge in [0.2, 0.25) is 0 Å². The first-order valence-corrected chi connectivity index (χ1v) is 19.3. The van der Waals surface area contributed by atoms with Crippen LogP contribution in [0.25, 0.3) is 0 Å². The van der Waals surface area contributed by atoms with E-state index in [4.69, 9.17) is 28.4 Å². The van der Waals surface area contributed by atoms with E-state index in [2.05, 4.69) is 83.1 Å². The van der Waals surface area contributed by atoms with Crippen LogP contribution < -0.4 is 0 Å². The van der Waals surface area contributed by atoms with Gasteiger partial charge in [0.1, 0.15) is 0 Å². The Morgan fingerprint density at radius 1 is 0.244 bits per heavy atom. The van der Waals surface area contributed by atoms with Gasteiger partial charge in [-0.3, -0.25) is 0 Å². The fourth-order valence-electron chi connectivity index (χ4n) is 6.01. The zero-order chi connectivity index (χ0) is 34.1. The maximum Gasteiger partial charge on any atom is 0.283 e. The third-order valence-corrected chi connectivity index (χ3v) is 7.46. The van der Waals surface area contributed by atoms with Gasteiger partial charge in [-0.05, 0) is 95.9 Å². The SMILES string of the molecule is CC(C)OC(CCCCCCCCCCCCCCCCCCCC(OC(C)C)(OC(C)C)OC(C)C)(OC(C)C)OC(C)C. The molecule has 0 aromatic carbocycles. The molecule has 0 spiro atoms. The molecule has 0 aliphatic heterocycles. The molecule has 0 saturated carbocycles. The first-order chi connectivity index (χ1) is 21.2. The van der Waals surface area contributed by atoms with Crippen molar-refractivity contribution in [1.29, 1.82) is 0 Å². The standard InChI is InChI=1S/C39H80O6/c1-32(2)40-38(41-33(3)4,42-34(5)6)30-28-26-24-22-20-18-16-14-13-15-17-19-21-23-25-27-29-31-39(43-35(7)8,44-36(9)10)45-37(11)12/h32-37H,13-31H2,1-12H3. The van der Waals surface area contributed by atoms with Gasteiger partial charge in [0.05, 0.1) is 36.6 Å². The first kappa shape index (κ1) is 44.8. The van der Waals surface area contributed by atoms with Gasteiger partial charge in [0.25, 0.3) is 11.9 Å². The van der Waals surface area contributed by atoms with Crippen molar-refractivity contribution in [2.24, 2.45) is 0 Å². The third-order valence-electron chi connectivity index (χ3n) is 7.46. The average Bonchev–Trinajstić information content (AvgIpc) is 2.87. The minimum atomic E-state index is -0.918. The zero-order valence-corrected chi connectivity index (χ0v) is 32.3. The van der Waals surface area contributed by atoms with Crippen LogP contribution in [-0.2, 0) is 28.4 Å². The van der Waals surface area contributed by atoms with Gasteiger partial charge >= 0.3 is 0 Å². The monoisotopic (exact) mass is 645 g/mol. The lowest BCUT2D eigenvalue weighted by Gasteiger charge is -2.38. The van der Waals surface area contributed by atoms with Crippen LogP contribution in [0.4, 0.5) is 0 Å². The van der Waals surface area contributed by atoms with Crippen molar-refractivity contribution in [3.05, 3.63) is 0 Å². The second-order valence-corrected chi connectivity index (χ2v) is 14.9. The Morgan fingerprint density at radius 2 is 0.378 bits per heavy atom. The maximum atomic E-state index is 6.18. The number of unbranched alkanes of at least 4 members (excludes halogenated alkanes) is 16. The molecule has 0 bridgehead atoms. The molecule has 0 saturated heterocycles. The van der Waals surface area contributed by atoms with Crippen molar-refractivity contribution in [2.75, 3.05) is 0 Å². The molecule has 272 valence electrons. The van der Waals surface area contributed by atoms with Crippen LogP contribution in [0.5, 0.6) is 0 Å². The van der Waals surface area contributed by atoms with Crippen molar-refractivity contribution in [1.82, 2.24) is 0 Å². The van der Waals surface area contributed by atoms with Gasteiger partial charge in [0.15, 0.2) is 0 Å². The molecule has 0 aromatic rings. The predicted octanol–water partition coefficient (Wildman–Crippen LogP) is 12.3. The summed E-state index contributed by atoms with van der Waals surface area (Å²) in [5.41, 5.74) is 0. The molecule has 45 heavy (non-hydrogen) atoms. The smallest absolute Gasteiger partial charge is 0.283 e. The lowest BCUT2D eigenvalue weighted by atomic mass is 10.0. The average molecular weight is 645 g/mol. The van der Waals surface area contributed by atoms with Crippen molar-refractivity contribution in [2.45, 2.75) is 254 Å². The minimum absolute atomic E-state index is 0.0657. The van der Waals surface area contributed by atoms with E-state index in [-0.39, 0.29) is 36.6 Å². The van der Waals surface area contributed by atoms with Crippen molar-refractivity contribution >= 4 is 0 Å². The molecule has 0 aliphatic rings. The van der Waals surface area contributed by atoms with Gasteiger partial charge < -0.3 is 28.4 Å². The maximum absolute atomic E-state index is 6.18. The lowest BCUT2D eigenvalue weighted by Crippen LogP contribution is -2.44. The molecule has 0 heterocycles. The highest BCUT2D eigenvalue weighted by Gasteiger charge is 2.37. The molecule has 0 rings (SSSR count). The summed E-state index contributed by atoms with van der Waals surface area (Å²) in [6.45, 7) is 24.6. The first-order valence-electron chi connectivity index (χ1n) is 19.3. The minimum Gasteiger partial charge on any atom is -0.325 e. The molecule has 0 fully saturated rings. The largest absolute Gasteiger partial charge is 0.325 e. The summed E-state index contributed by atoms with van der Waals surface area (Å²) in [4.78, 5) is 0. The van der Waals surface area contributed by atoms with Crippen LogP contribution >= 0.6 is 0 Å². The van der Waals surface area contributed by atoms with E-state index in [1.165, 1.54) is 96.3 Å². The Bertz CT molecular complexity index is 538. The van der Waals surface area contributed by atoms with Gasteiger partial charge in [0, 0.05) is 12.8 Å². The van der Waals surface area contributed by atoms with Gasteiger partial charge in [-0.1, -0.05) is 96.3 Å². The Kier molecular flexibility index (Phi) is 26.5. The number of hydrogen-bond donors (Lipinski definition) is 0. The van der Waals surface area contributed by atoms with E-state index in [9.17, 15) is 0 Å². The highest BCUT2D eigenvalue weighted by molar-refractivity contribution is 4.66. The summed E-state index contributed by atoms with van der Waals surface area (Å²) in [6.07, 6.45) is 24.2. The summed E-state index contributed by atoms with van der Waals surface area (Å²) in [6, 6.07) is 0. The fourth-order valence-corrected chi connectivity index (χ4v) is 6.01. The normalized spacial score (nSPS) is 13.2. The molecule has 6 nitrogen and oxygen atoms in total. The number of ether oxygens (including phenoxy) is 6. The molecule has 0 amide bonds. The Hall–Kier alpha value is -0.240. The number of hydrogen-bond acceptors (Lipinski definition) is 6. The Labute approximate surface area is 281 Å². The van der Waals surface area contributed by atoms with Crippen LogP contribution in [0.15, 0.2) is 0 Å². The zero-order valence-electron chi connectivity index (χ0n) is 32.3. The summed E-state index contributed by atoms with van der Waals surface area (Å²) < 4.78 is 37.1. The molecule has 0 atom stereocenters. The lowest BCUT2D eigenvalue weighted by molar-refractivity contribution is -0.412. The van der Waals surface area contributed by atoms with E-state index in [1.54, 1.807) is 0 Å². The van der Waals surface area contributed by atoms with E-state index >= 15 is 0 Å². The topological polar surface area (TPSA) is 55.4 Å². The highest BCUT2D eigenvalue weighted by atomic mass is 16.9. The van der Waals surface area contributed by atoms with E-state index in [0.29, 0.717) is 0 Å². The molecule has 0 N–H and O–H groups in total. The summed E-state index contributed by atoms with van der Waals surface area (Å²) in [5, 5.41) is 0. The molecule has 0 unspecified atom stereocenters. The molecule has 0 aliphatic carbocycles.